The fourth-order valence-electron chi connectivity index (χ4n) is 2.30. The number of nitro groups is 1. The molecule has 2 rings (SSSR count). The molecular weight excluding hydrogens is 271 g/mol. The van der Waals surface area contributed by atoms with Gasteiger partial charge >= 0.3 is 11.8 Å². The second kappa shape index (κ2) is 5.68. The lowest BCUT2D eigenvalue weighted by molar-refractivity contribution is -0.384. The highest BCUT2D eigenvalue weighted by Gasteiger charge is 2.31. The van der Waals surface area contributed by atoms with Crippen molar-refractivity contribution < 1.29 is 19.2 Å². The van der Waals surface area contributed by atoms with Gasteiger partial charge in [-0.15, -0.1) is 0 Å². The van der Waals surface area contributed by atoms with E-state index in [1.54, 1.807) is 0 Å². The van der Waals surface area contributed by atoms with Gasteiger partial charge in [0, 0.05) is 25.7 Å². The average molecular weight is 284 g/mol. The van der Waals surface area contributed by atoms with Gasteiger partial charge in [-0.1, -0.05) is 0 Å². The van der Waals surface area contributed by atoms with Crippen LogP contribution in [0.5, 0.6) is 0 Å². The molecule has 8 nitrogen and oxygen atoms in total. The molecule has 1 saturated heterocycles. The van der Waals surface area contributed by atoms with Gasteiger partial charge in [-0.05, 0) is 6.07 Å². The molecule has 0 spiro atoms. The van der Waals surface area contributed by atoms with E-state index >= 15 is 0 Å². The van der Waals surface area contributed by atoms with Crippen molar-refractivity contribution in [3.8, 4) is 0 Å². The highest BCUT2D eigenvalue weighted by Crippen LogP contribution is 2.29. The van der Waals surface area contributed by atoms with Crippen molar-refractivity contribution >= 4 is 17.5 Å². The minimum absolute atomic E-state index is 0.0113. The van der Waals surface area contributed by atoms with E-state index in [0.29, 0.717) is 0 Å². The van der Waals surface area contributed by atoms with E-state index < -0.39 is 23.2 Å². The molecule has 20 heavy (non-hydrogen) atoms. The summed E-state index contributed by atoms with van der Waals surface area (Å²) in [5, 5.41) is 21.8. The fourth-order valence-corrected chi connectivity index (χ4v) is 2.30. The molecule has 2 heterocycles. The first-order chi connectivity index (χ1) is 9.47. The topological polar surface area (TPSA) is 109 Å². The van der Waals surface area contributed by atoms with Crippen LogP contribution in [0.2, 0.25) is 0 Å². The van der Waals surface area contributed by atoms with Gasteiger partial charge in [-0.25, -0.2) is 9.18 Å². The van der Waals surface area contributed by atoms with Gasteiger partial charge in [-0.2, -0.15) is 0 Å². The van der Waals surface area contributed by atoms with Crippen LogP contribution in [0, 0.1) is 10.1 Å². The number of amides is 1. The normalized spacial score (nSPS) is 22.4. The van der Waals surface area contributed by atoms with Crippen LogP contribution in [0.1, 0.15) is 6.42 Å². The smallest absolute Gasteiger partial charge is 0.404 e. The van der Waals surface area contributed by atoms with Crippen LogP contribution >= 0.6 is 0 Å². The van der Waals surface area contributed by atoms with Crippen LogP contribution in [-0.4, -0.2) is 46.4 Å². The molecule has 2 atom stereocenters. The number of hydrogen-bond acceptors (Lipinski definition) is 5. The van der Waals surface area contributed by atoms with Gasteiger partial charge in [0.05, 0.1) is 11.0 Å². The Hall–Kier alpha value is -2.45. The van der Waals surface area contributed by atoms with Crippen molar-refractivity contribution in [2.75, 3.05) is 18.0 Å². The van der Waals surface area contributed by atoms with Crippen LogP contribution in [-0.2, 0) is 0 Å². The summed E-state index contributed by atoms with van der Waals surface area (Å²) in [4.78, 5) is 26.1. The molecule has 0 aliphatic carbocycles. The first kappa shape index (κ1) is 14.0. The molecule has 0 aromatic carbocycles. The third kappa shape index (κ3) is 3.11. The summed E-state index contributed by atoms with van der Waals surface area (Å²) < 4.78 is 13.7. The van der Waals surface area contributed by atoms with Gasteiger partial charge in [0.2, 0.25) is 0 Å². The van der Waals surface area contributed by atoms with Gasteiger partial charge in [0.25, 0.3) is 0 Å². The molecular formula is C11H13FN4O4. The molecule has 2 N–H and O–H groups in total. The van der Waals surface area contributed by atoms with Gasteiger partial charge in [-0.3, -0.25) is 15.1 Å². The standard InChI is InChI=1S/C11H13FN4O4/c12-7-3-8(14-11(17)18)6-15(5-7)9-1-2-13-4-10(9)16(19)20/h1-2,4,7-8,14H,3,5-6H2,(H,17,18)/t7-,8-/m0/s1. The van der Waals surface area contributed by atoms with Crippen molar-refractivity contribution in [3.05, 3.63) is 28.6 Å². The minimum Gasteiger partial charge on any atom is -0.465 e. The summed E-state index contributed by atoms with van der Waals surface area (Å²) >= 11 is 0. The number of nitrogens with zero attached hydrogens (tertiary/aromatic N) is 3. The summed E-state index contributed by atoms with van der Waals surface area (Å²) in [7, 11) is 0. The molecule has 1 aromatic heterocycles. The number of rotatable bonds is 3. The summed E-state index contributed by atoms with van der Waals surface area (Å²) in [5.41, 5.74) is 0.0141. The maximum Gasteiger partial charge on any atom is 0.404 e. The zero-order valence-corrected chi connectivity index (χ0v) is 10.4. The second-order valence-electron chi connectivity index (χ2n) is 4.51. The van der Waals surface area contributed by atoms with E-state index in [1.165, 1.54) is 17.2 Å². The molecule has 0 bridgehead atoms. The van der Waals surface area contributed by atoms with Gasteiger partial charge in [0.1, 0.15) is 18.1 Å². The van der Waals surface area contributed by atoms with E-state index in [1.807, 2.05) is 0 Å². The summed E-state index contributed by atoms with van der Waals surface area (Å²) in [6.45, 7) is 0.167. The second-order valence-corrected chi connectivity index (χ2v) is 4.51. The Morgan fingerprint density at radius 1 is 1.60 bits per heavy atom. The first-order valence-corrected chi connectivity index (χ1v) is 5.94. The summed E-state index contributed by atoms with van der Waals surface area (Å²) in [6.07, 6.45) is 0.0316. The number of carboxylic acid groups (broad SMARTS) is 1. The lowest BCUT2D eigenvalue weighted by Gasteiger charge is -2.35. The van der Waals surface area contributed by atoms with E-state index in [2.05, 4.69) is 10.3 Å². The zero-order chi connectivity index (χ0) is 14.7. The monoisotopic (exact) mass is 284 g/mol. The molecule has 1 fully saturated rings. The van der Waals surface area contributed by atoms with Crippen molar-refractivity contribution in [2.24, 2.45) is 0 Å². The predicted octanol–water partition coefficient (Wildman–Crippen LogP) is 1.17. The zero-order valence-electron chi connectivity index (χ0n) is 10.4. The van der Waals surface area contributed by atoms with Crippen LogP contribution in [0.3, 0.4) is 0 Å². The minimum atomic E-state index is -1.26. The van der Waals surface area contributed by atoms with Gasteiger partial charge < -0.3 is 15.3 Å². The number of piperidine rings is 1. The maximum absolute atomic E-state index is 13.7. The fraction of sp³-hybridized carbons (Fsp3) is 0.455. The van der Waals surface area contributed by atoms with E-state index in [4.69, 9.17) is 5.11 Å². The number of aromatic nitrogens is 1. The average Bonchev–Trinajstić information content (AvgIpc) is 2.37. The third-order valence-electron chi connectivity index (χ3n) is 3.04. The molecule has 0 saturated carbocycles. The lowest BCUT2D eigenvalue weighted by Crippen LogP contribution is -2.51. The molecule has 1 aliphatic rings. The molecule has 1 amide bonds. The maximum atomic E-state index is 13.7. The SMILES string of the molecule is O=C(O)N[C@H]1C[C@H](F)CN(c2ccncc2[N+](=O)[O-])C1. The Kier molecular flexibility index (Phi) is 3.97. The number of hydrogen-bond donors (Lipinski definition) is 2. The third-order valence-corrected chi connectivity index (χ3v) is 3.04. The van der Waals surface area contributed by atoms with Crippen LogP contribution < -0.4 is 10.2 Å². The van der Waals surface area contributed by atoms with Crippen molar-refractivity contribution in [1.82, 2.24) is 10.3 Å². The van der Waals surface area contributed by atoms with Crippen LogP contribution in [0.4, 0.5) is 20.6 Å². The Labute approximate surface area is 113 Å². The number of alkyl halides is 1. The van der Waals surface area contributed by atoms with Gasteiger partial charge in [0.15, 0.2) is 0 Å². The Morgan fingerprint density at radius 2 is 2.35 bits per heavy atom. The summed E-state index contributed by atoms with van der Waals surface area (Å²) in [6, 6.07) is 0.817. The Morgan fingerprint density at radius 3 is 3.00 bits per heavy atom. The van der Waals surface area contributed by atoms with Crippen LogP contribution in [0.15, 0.2) is 18.5 Å². The molecule has 0 radical (unpaired) electrons. The van der Waals surface area contributed by atoms with Crippen molar-refractivity contribution in [1.29, 1.82) is 0 Å². The van der Waals surface area contributed by atoms with Crippen molar-refractivity contribution in [2.45, 2.75) is 18.6 Å². The molecule has 0 unspecified atom stereocenters. The summed E-state index contributed by atoms with van der Waals surface area (Å²) in [5.74, 6) is 0. The lowest BCUT2D eigenvalue weighted by atomic mass is 10.0. The Bertz CT molecular complexity index is 527. The van der Waals surface area contributed by atoms with E-state index in [-0.39, 0.29) is 30.9 Å². The largest absolute Gasteiger partial charge is 0.465 e. The molecule has 108 valence electrons. The number of carbonyl (C=O) groups is 1. The number of halogens is 1. The number of nitrogens with one attached hydrogen (secondary N) is 1. The molecule has 1 aromatic rings. The molecule has 1 aliphatic heterocycles. The first-order valence-electron chi connectivity index (χ1n) is 5.94. The predicted molar refractivity (Wildman–Crippen MR) is 67.6 cm³/mol. The van der Waals surface area contributed by atoms with Crippen molar-refractivity contribution in [3.63, 3.8) is 0 Å². The number of pyridine rings is 1. The number of anilines is 1. The highest BCUT2D eigenvalue weighted by atomic mass is 19.1. The Balaban J connectivity index is 2.23. The van der Waals surface area contributed by atoms with E-state index in [9.17, 15) is 19.3 Å². The quantitative estimate of drug-likeness (QED) is 0.637. The van der Waals surface area contributed by atoms with E-state index in [0.717, 1.165) is 6.20 Å². The highest BCUT2D eigenvalue weighted by molar-refractivity contribution is 5.66. The van der Waals surface area contributed by atoms with Crippen LogP contribution in [0.25, 0.3) is 0 Å². The molecule has 9 heteroatoms.